The van der Waals surface area contributed by atoms with Gasteiger partial charge in [0.05, 0.1) is 10.5 Å². The van der Waals surface area contributed by atoms with E-state index in [4.69, 9.17) is 10.7 Å². The maximum absolute atomic E-state index is 14.0. The quantitative estimate of drug-likeness (QED) is 0.848. The Labute approximate surface area is 122 Å². The minimum absolute atomic E-state index is 0.0569. The fraction of sp³-hybridized carbons (Fsp3) is 0.462. The predicted octanol–water partition coefficient (Wildman–Crippen LogP) is 2.98. The van der Waals surface area contributed by atoms with Crippen molar-refractivity contribution < 1.29 is 17.6 Å². The molecule has 0 heterocycles. The van der Waals surface area contributed by atoms with Gasteiger partial charge in [-0.25, -0.2) is 12.8 Å². The van der Waals surface area contributed by atoms with Crippen LogP contribution in [0.1, 0.15) is 42.6 Å². The van der Waals surface area contributed by atoms with E-state index in [1.807, 2.05) is 13.8 Å². The summed E-state index contributed by atoms with van der Waals surface area (Å²) in [5, 5.41) is 2.66. The van der Waals surface area contributed by atoms with Crippen LogP contribution in [0.4, 0.5) is 4.39 Å². The molecule has 1 aromatic carbocycles. The summed E-state index contributed by atoms with van der Waals surface area (Å²) >= 11 is 0. The molecule has 4 nitrogen and oxygen atoms in total. The number of rotatable bonds is 5. The summed E-state index contributed by atoms with van der Waals surface area (Å²) < 4.78 is 36.6. The van der Waals surface area contributed by atoms with Gasteiger partial charge in [0.2, 0.25) is 0 Å². The first-order valence-electron chi connectivity index (χ1n) is 6.26. The number of amides is 1. The van der Waals surface area contributed by atoms with E-state index in [-0.39, 0.29) is 22.1 Å². The van der Waals surface area contributed by atoms with Crippen LogP contribution in [0.3, 0.4) is 0 Å². The lowest BCUT2D eigenvalue weighted by Crippen LogP contribution is -2.34. The molecule has 1 aromatic rings. The summed E-state index contributed by atoms with van der Waals surface area (Å²) in [6.07, 6.45) is 1.41. The molecule has 0 radical (unpaired) electrons. The third kappa shape index (κ3) is 3.93. The fourth-order valence-corrected chi connectivity index (χ4v) is 2.64. The number of halogens is 2. The predicted molar refractivity (Wildman–Crippen MR) is 76.0 cm³/mol. The Morgan fingerprint density at radius 3 is 2.35 bits per heavy atom. The smallest absolute Gasteiger partial charge is 0.261 e. The van der Waals surface area contributed by atoms with Crippen molar-refractivity contribution in [2.24, 2.45) is 0 Å². The zero-order valence-electron chi connectivity index (χ0n) is 11.5. The molecule has 1 rings (SSSR count). The van der Waals surface area contributed by atoms with Crippen molar-refractivity contribution in [2.45, 2.75) is 44.6 Å². The highest BCUT2D eigenvalue weighted by Crippen LogP contribution is 2.22. The van der Waals surface area contributed by atoms with Crippen molar-refractivity contribution in [3.05, 3.63) is 29.1 Å². The second kappa shape index (κ2) is 6.54. The number of nitrogens with one attached hydrogen (secondary N) is 1. The summed E-state index contributed by atoms with van der Waals surface area (Å²) in [4.78, 5) is 11.8. The van der Waals surface area contributed by atoms with Crippen LogP contribution in [0.25, 0.3) is 0 Å². The summed E-state index contributed by atoms with van der Waals surface area (Å²) in [7, 11) is 1.23. The number of carbonyl (C=O) groups excluding carboxylic acids is 1. The Morgan fingerprint density at radius 1 is 1.35 bits per heavy atom. The largest absolute Gasteiger partial charge is 0.349 e. The van der Waals surface area contributed by atoms with E-state index in [9.17, 15) is 17.6 Å². The third-order valence-corrected chi connectivity index (χ3v) is 4.41. The maximum atomic E-state index is 14.0. The second-order valence-electron chi connectivity index (χ2n) is 4.53. The van der Waals surface area contributed by atoms with Gasteiger partial charge in [-0.2, -0.15) is 0 Å². The molecule has 0 atom stereocenters. The van der Waals surface area contributed by atoms with Crippen LogP contribution in [-0.2, 0) is 9.05 Å². The van der Waals surface area contributed by atoms with Gasteiger partial charge in [-0.3, -0.25) is 4.79 Å². The molecular weight excluding hydrogens is 305 g/mol. The van der Waals surface area contributed by atoms with Gasteiger partial charge in [-0.05, 0) is 37.5 Å². The molecule has 0 aromatic heterocycles. The normalized spacial score (nSPS) is 11.7. The highest BCUT2D eigenvalue weighted by molar-refractivity contribution is 8.13. The number of hydrogen-bond donors (Lipinski definition) is 1. The van der Waals surface area contributed by atoms with Crippen LogP contribution in [0.5, 0.6) is 0 Å². The van der Waals surface area contributed by atoms with Gasteiger partial charge in [0.25, 0.3) is 15.0 Å². The van der Waals surface area contributed by atoms with Crippen LogP contribution in [0, 0.1) is 12.7 Å². The van der Waals surface area contributed by atoms with Crippen molar-refractivity contribution >= 4 is 25.6 Å². The van der Waals surface area contributed by atoms with E-state index in [1.54, 1.807) is 0 Å². The molecule has 0 fully saturated rings. The first kappa shape index (κ1) is 16.9. The van der Waals surface area contributed by atoms with Gasteiger partial charge in [0, 0.05) is 16.7 Å². The van der Waals surface area contributed by atoms with Crippen LogP contribution >= 0.6 is 10.7 Å². The topological polar surface area (TPSA) is 63.2 Å². The molecule has 112 valence electrons. The van der Waals surface area contributed by atoms with Gasteiger partial charge in [0.1, 0.15) is 5.82 Å². The summed E-state index contributed by atoms with van der Waals surface area (Å²) in [6.45, 7) is 5.18. The standard InChI is InChI=1S/C13H17ClFNO3S/c1-4-9(5-2)16-13(17)11-7-10(20(14,18)19)6-8(3)12(11)15/h6-7,9H,4-5H2,1-3H3,(H,16,17). The summed E-state index contributed by atoms with van der Waals surface area (Å²) in [6, 6.07) is 1.98. The highest BCUT2D eigenvalue weighted by Gasteiger charge is 2.21. The second-order valence-corrected chi connectivity index (χ2v) is 7.09. The molecule has 1 N–H and O–H groups in total. The first-order chi connectivity index (χ1) is 9.20. The number of aryl methyl sites for hydroxylation is 1. The molecule has 0 bridgehead atoms. The van der Waals surface area contributed by atoms with E-state index in [2.05, 4.69) is 5.32 Å². The maximum Gasteiger partial charge on any atom is 0.261 e. The monoisotopic (exact) mass is 321 g/mol. The zero-order valence-corrected chi connectivity index (χ0v) is 13.1. The van der Waals surface area contributed by atoms with Gasteiger partial charge in [-0.15, -0.1) is 0 Å². The molecule has 20 heavy (non-hydrogen) atoms. The van der Waals surface area contributed by atoms with Gasteiger partial charge in [0.15, 0.2) is 0 Å². The van der Waals surface area contributed by atoms with Crippen LogP contribution in [0.2, 0.25) is 0 Å². The Bertz CT molecular complexity index is 612. The number of benzene rings is 1. The lowest BCUT2D eigenvalue weighted by Gasteiger charge is -2.15. The minimum Gasteiger partial charge on any atom is -0.349 e. The van der Waals surface area contributed by atoms with Crippen molar-refractivity contribution in [1.29, 1.82) is 0 Å². The van der Waals surface area contributed by atoms with Crippen molar-refractivity contribution in [3.8, 4) is 0 Å². The molecule has 0 saturated heterocycles. The van der Waals surface area contributed by atoms with Crippen molar-refractivity contribution in [3.63, 3.8) is 0 Å². The lowest BCUT2D eigenvalue weighted by atomic mass is 10.1. The average molecular weight is 322 g/mol. The molecule has 0 aliphatic rings. The summed E-state index contributed by atoms with van der Waals surface area (Å²) in [5.74, 6) is -1.38. The van der Waals surface area contributed by atoms with Gasteiger partial charge >= 0.3 is 0 Å². The first-order valence-corrected chi connectivity index (χ1v) is 8.57. The fourth-order valence-electron chi connectivity index (χ4n) is 1.80. The Kier molecular flexibility index (Phi) is 5.53. The molecule has 0 unspecified atom stereocenters. The number of carbonyl (C=O) groups is 1. The average Bonchev–Trinajstić information content (AvgIpc) is 2.37. The molecular formula is C13H17ClFNO3S. The van der Waals surface area contributed by atoms with E-state index in [1.165, 1.54) is 6.92 Å². The molecule has 1 amide bonds. The van der Waals surface area contributed by atoms with E-state index < -0.39 is 20.8 Å². The zero-order chi connectivity index (χ0) is 15.5. The van der Waals surface area contributed by atoms with E-state index in [0.29, 0.717) is 12.8 Å². The van der Waals surface area contributed by atoms with E-state index in [0.717, 1.165) is 12.1 Å². The summed E-state index contributed by atoms with van der Waals surface area (Å²) in [5.41, 5.74) is -0.252. The van der Waals surface area contributed by atoms with Gasteiger partial charge < -0.3 is 5.32 Å². The Balaban J connectivity index is 3.24. The minimum atomic E-state index is -4.01. The molecule has 0 aliphatic heterocycles. The third-order valence-electron chi connectivity index (χ3n) is 3.08. The SMILES string of the molecule is CCC(CC)NC(=O)c1cc(S(=O)(=O)Cl)cc(C)c1F. The molecule has 7 heteroatoms. The Hall–Kier alpha value is -1.14. The van der Waals surface area contributed by atoms with Crippen LogP contribution < -0.4 is 5.32 Å². The highest BCUT2D eigenvalue weighted by atomic mass is 35.7. The van der Waals surface area contributed by atoms with Crippen LogP contribution in [0.15, 0.2) is 17.0 Å². The molecule has 0 aliphatic carbocycles. The van der Waals surface area contributed by atoms with Crippen molar-refractivity contribution in [2.75, 3.05) is 0 Å². The van der Waals surface area contributed by atoms with Crippen LogP contribution in [-0.4, -0.2) is 20.4 Å². The molecule has 0 spiro atoms. The van der Waals surface area contributed by atoms with Crippen molar-refractivity contribution in [1.82, 2.24) is 5.32 Å². The lowest BCUT2D eigenvalue weighted by molar-refractivity contribution is 0.0930. The number of hydrogen-bond acceptors (Lipinski definition) is 3. The van der Waals surface area contributed by atoms with E-state index >= 15 is 0 Å². The Morgan fingerprint density at radius 2 is 1.90 bits per heavy atom. The van der Waals surface area contributed by atoms with Gasteiger partial charge in [-0.1, -0.05) is 13.8 Å². The molecule has 0 saturated carbocycles.